The number of thioether (sulfide) groups is 1. The van der Waals surface area contributed by atoms with Gasteiger partial charge in [-0.1, -0.05) is 22.9 Å². The fourth-order valence-corrected chi connectivity index (χ4v) is 2.51. The van der Waals surface area contributed by atoms with E-state index in [1.807, 2.05) is 0 Å². The second-order valence-electron chi connectivity index (χ2n) is 3.35. The van der Waals surface area contributed by atoms with Crippen LogP contribution in [0.5, 0.6) is 0 Å². The van der Waals surface area contributed by atoms with Gasteiger partial charge in [0.05, 0.1) is 0 Å². The molecule has 1 nitrogen and oxygen atoms in total. The third-order valence-corrected chi connectivity index (χ3v) is 3.79. The Labute approximate surface area is 103 Å². The van der Waals surface area contributed by atoms with Crippen molar-refractivity contribution in [2.24, 2.45) is 5.73 Å². The van der Waals surface area contributed by atoms with Crippen LogP contribution in [0.2, 0.25) is 0 Å². The molecule has 2 N–H and O–H groups in total. The Hall–Kier alpha value is -0.0600. The number of nitrogens with two attached hydrogens (primary N) is 1. The summed E-state index contributed by atoms with van der Waals surface area (Å²) in [6.07, 6.45) is 1.12. The van der Waals surface area contributed by atoms with E-state index in [1.165, 1.54) is 6.07 Å². The third kappa shape index (κ3) is 4.13. The normalized spacial score (nSPS) is 12.8. The van der Waals surface area contributed by atoms with Crippen LogP contribution in [0.15, 0.2) is 22.7 Å². The van der Waals surface area contributed by atoms with Gasteiger partial charge in [0.1, 0.15) is 5.82 Å². The SMILES string of the molecule is CCCSCC(N)c1cc(Br)ccc1F. The molecule has 0 aliphatic rings. The molecule has 0 amide bonds. The smallest absolute Gasteiger partial charge is 0.128 e. The van der Waals surface area contributed by atoms with Gasteiger partial charge in [0.15, 0.2) is 0 Å². The zero-order chi connectivity index (χ0) is 11.3. The maximum absolute atomic E-state index is 13.4. The number of hydrogen-bond donors (Lipinski definition) is 1. The van der Waals surface area contributed by atoms with Gasteiger partial charge in [0.2, 0.25) is 0 Å². The van der Waals surface area contributed by atoms with E-state index in [2.05, 4.69) is 22.9 Å². The molecule has 4 heteroatoms. The first-order valence-electron chi connectivity index (χ1n) is 4.93. The van der Waals surface area contributed by atoms with E-state index in [1.54, 1.807) is 23.9 Å². The predicted molar refractivity (Wildman–Crippen MR) is 68.6 cm³/mol. The number of halogens is 2. The van der Waals surface area contributed by atoms with Gasteiger partial charge in [-0.05, 0) is 30.4 Å². The Balaban J connectivity index is 2.64. The van der Waals surface area contributed by atoms with Gasteiger partial charge in [-0.3, -0.25) is 0 Å². The van der Waals surface area contributed by atoms with Crippen molar-refractivity contribution < 1.29 is 4.39 Å². The highest BCUT2D eigenvalue weighted by atomic mass is 79.9. The van der Waals surface area contributed by atoms with Crippen LogP contribution < -0.4 is 5.73 Å². The Kier molecular flexibility index (Phi) is 5.64. The van der Waals surface area contributed by atoms with Crippen molar-refractivity contribution in [2.75, 3.05) is 11.5 Å². The predicted octanol–water partition coefficient (Wildman–Crippen LogP) is 3.73. The van der Waals surface area contributed by atoms with Crippen molar-refractivity contribution in [3.63, 3.8) is 0 Å². The number of benzene rings is 1. The Morgan fingerprint density at radius 1 is 1.53 bits per heavy atom. The van der Waals surface area contributed by atoms with E-state index in [0.29, 0.717) is 5.56 Å². The molecule has 0 fully saturated rings. The molecular formula is C11H15BrFNS. The molecule has 0 aliphatic carbocycles. The Bertz CT molecular complexity index is 319. The van der Waals surface area contributed by atoms with Crippen molar-refractivity contribution in [3.8, 4) is 0 Å². The average Bonchev–Trinajstić information content (AvgIpc) is 2.22. The van der Waals surface area contributed by atoms with Crippen LogP contribution >= 0.6 is 27.7 Å². The summed E-state index contributed by atoms with van der Waals surface area (Å²) in [5, 5.41) is 0. The molecule has 1 rings (SSSR count). The maximum Gasteiger partial charge on any atom is 0.128 e. The topological polar surface area (TPSA) is 26.0 Å². The van der Waals surface area contributed by atoms with Gasteiger partial charge in [0.25, 0.3) is 0 Å². The molecule has 0 aromatic heterocycles. The van der Waals surface area contributed by atoms with E-state index < -0.39 is 0 Å². The standard InChI is InChI=1S/C11H15BrFNS/c1-2-5-15-7-11(14)9-6-8(12)3-4-10(9)13/h3-4,6,11H,2,5,7,14H2,1H3. The fourth-order valence-electron chi connectivity index (χ4n) is 1.24. The quantitative estimate of drug-likeness (QED) is 0.837. The molecule has 0 aliphatic heterocycles. The molecule has 0 radical (unpaired) electrons. The Morgan fingerprint density at radius 2 is 2.27 bits per heavy atom. The second-order valence-corrected chi connectivity index (χ2v) is 5.41. The van der Waals surface area contributed by atoms with Gasteiger partial charge in [-0.25, -0.2) is 4.39 Å². The average molecular weight is 292 g/mol. The highest BCUT2D eigenvalue weighted by Gasteiger charge is 2.11. The lowest BCUT2D eigenvalue weighted by atomic mass is 10.1. The van der Waals surface area contributed by atoms with Crippen LogP contribution in [-0.2, 0) is 0 Å². The minimum atomic E-state index is -0.223. The van der Waals surface area contributed by atoms with Crippen LogP contribution in [0.1, 0.15) is 24.9 Å². The van der Waals surface area contributed by atoms with Gasteiger partial charge in [-0.15, -0.1) is 0 Å². The molecule has 0 bridgehead atoms. The lowest BCUT2D eigenvalue weighted by Gasteiger charge is -2.12. The molecule has 1 unspecified atom stereocenters. The Morgan fingerprint density at radius 3 is 2.93 bits per heavy atom. The van der Waals surface area contributed by atoms with Crippen LogP contribution in [0.3, 0.4) is 0 Å². The van der Waals surface area contributed by atoms with Gasteiger partial charge < -0.3 is 5.73 Å². The van der Waals surface area contributed by atoms with Gasteiger partial charge >= 0.3 is 0 Å². The first kappa shape index (κ1) is 13.0. The lowest BCUT2D eigenvalue weighted by molar-refractivity contribution is 0.595. The molecule has 1 atom stereocenters. The first-order chi connectivity index (χ1) is 7.15. The van der Waals surface area contributed by atoms with E-state index in [-0.39, 0.29) is 11.9 Å². The monoisotopic (exact) mass is 291 g/mol. The van der Waals surface area contributed by atoms with Gasteiger partial charge in [0, 0.05) is 21.8 Å². The minimum absolute atomic E-state index is 0.220. The largest absolute Gasteiger partial charge is 0.323 e. The van der Waals surface area contributed by atoms with E-state index in [9.17, 15) is 4.39 Å². The van der Waals surface area contributed by atoms with Crippen molar-refractivity contribution >= 4 is 27.7 Å². The molecule has 0 saturated carbocycles. The summed E-state index contributed by atoms with van der Waals surface area (Å²) < 4.78 is 14.3. The molecule has 0 spiro atoms. The van der Waals surface area contributed by atoms with Crippen LogP contribution in [0, 0.1) is 5.82 Å². The van der Waals surface area contributed by atoms with Crippen molar-refractivity contribution in [1.29, 1.82) is 0 Å². The van der Waals surface area contributed by atoms with Crippen molar-refractivity contribution in [2.45, 2.75) is 19.4 Å². The summed E-state index contributed by atoms with van der Waals surface area (Å²) in [7, 11) is 0. The molecule has 1 aromatic rings. The molecule has 84 valence electrons. The summed E-state index contributed by atoms with van der Waals surface area (Å²) in [5.74, 6) is 1.62. The first-order valence-corrected chi connectivity index (χ1v) is 6.88. The third-order valence-electron chi connectivity index (χ3n) is 2.00. The summed E-state index contributed by atoms with van der Waals surface area (Å²) in [5.41, 5.74) is 6.51. The molecule has 0 saturated heterocycles. The summed E-state index contributed by atoms with van der Waals surface area (Å²) >= 11 is 5.08. The van der Waals surface area contributed by atoms with E-state index in [0.717, 1.165) is 22.4 Å². The van der Waals surface area contributed by atoms with Crippen LogP contribution in [0.25, 0.3) is 0 Å². The van der Waals surface area contributed by atoms with E-state index >= 15 is 0 Å². The van der Waals surface area contributed by atoms with Crippen LogP contribution in [-0.4, -0.2) is 11.5 Å². The maximum atomic E-state index is 13.4. The summed E-state index contributed by atoms with van der Waals surface area (Å²) in [6, 6.07) is 4.67. The van der Waals surface area contributed by atoms with Crippen molar-refractivity contribution in [3.05, 3.63) is 34.1 Å². The summed E-state index contributed by atoms with van der Waals surface area (Å²) in [4.78, 5) is 0. The highest BCUT2D eigenvalue weighted by Crippen LogP contribution is 2.23. The zero-order valence-electron chi connectivity index (χ0n) is 8.67. The minimum Gasteiger partial charge on any atom is -0.323 e. The molecular weight excluding hydrogens is 277 g/mol. The van der Waals surface area contributed by atoms with Crippen LogP contribution in [0.4, 0.5) is 4.39 Å². The van der Waals surface area contributed by atoms with Crippen molar-refractivity contribution in [1.82, 2.24) is 0 Å². The highest BCUT2D eigenvalue weighted by molar-refractivity contribution is 9.10. The molecule has 15 heavy (non-hydrogen) atoms. The molecule has 1 aromatic carbocycles. The fraction of sp³-hybridized carbons (Fsp3) is 0.455. The zero-order valence-corrected chi connectivity index (χ0v) is 11.1. The number of rotatable bonds is 5. The van der Waals surface area contributed by atoms with Gasteiger partial charge in [-0.2, -0.15) is 11.8 Å². The molecule has 0 heterocycles. The van der Waals surface area contributed by atoms with E-state index in [4.69, 9.17) is 5.73 Å². The summed E-state index contributed by atoms with van der Waals surface area (Å²) in [6.45, 7) is 2.12. The number of hydrogen-bond acceptors (Lipinski definition) is 2. The second kappa shape index (κ2) is 6.51. The lowest BCUT2D eigenvalue weighted by Crippen LogP contribution is -2.15.